The highest BCUT2D eigenvalue weighted by Crippen LogP contribution is 2.18. The van der Waals surface area contributed by atoms with Crippen LogP contribution in [0.5, 0.6) is 0 Å². The third-order valence-electron chi connectivity index (χ3n) is 2.80. The Hall–Kier alpha value is -1.15. The molecule has 0 aliphatic carbocycles. The minimum atomic E-state index is 0.148. The van der Waals surface area contributed by atoms with Crippen LogP contribution in [-0.4, -0.2) is 23.8 Å². The van der Waals surface area contributed by atoms with Crippen LogP contribution in [0.25, 0.3) is 0 Å². The molecule has 1 heterocycles. The molecule has 1 atom stereocenters. The van der Waals surface area contributed by atoms with Gasteiger partial charge >= 0.3 is 0 Å². The third-order valence-corrected chi connectivity index (χ3v) is 2.80. The van der Waals surface area contributed by atoms with Crippen molar-refractivity contribution in [1.29, 1.82) is 0 Å². The van der Waals surface area contributed by atoms with Crippen LogP contribution in [-0.2, 0) is 11.3 Å². The quantitative estimate of drug-likeness (QED) is 0.676. The Morgan fingerprint density at radius 2 is 2.14 bits per heavy atom. The molecule has 0 spiro atoms. The second kappa shape index (κ2) is 4.38. The van der Waals surface area contributed by atoms with Gasteiger partial charge in [-0.3, -0.25) is 4.90 Å². The summed E-state index contributed by atoms with van der Waals surface area (Å²) < 4.78 is 0. The van der Waals surface area contributed by atoms with Crippen LogP contribution in [0.15, 0.2) is 30.3 Å². The van der Waals surface area contributed by atoms with Crippen LogP contribution in [0.1, 0.15) is 18.4 Å². The summed E-state index contributed by atoms with van der Waals surface area (Å²) >= 11 is 0. The van der Waals surface area contributed by atoms with Crippen molar-refractivity contribution in [3.8, 4) is 0 Å². The number of carbonyl (C=O) groups excluding carboxylic acids is 1. The number of benzene rings is 1. The Kier molecular flexibility index (Phi) is 2.94. The number of nitrogens with zero attached hydrogens (tertiary/aromatic N) is 1. The van der Waals surface area contributed by atoms with E-state index in [1.807, 2.05) is 18.2 Å². The van der Waals surface area contributed by atoms with Gasteiger partial charge in [0.15, 0.2) is 0 Å². The lowest BCUT2D eigenvalue weighted by Gasteiger charge is -2.19. The van der Waals surface area contributed by atoms with Gasteiger partial charge in [-0.1, -0.05) is 30.3 Å². The van der Waals surface area contributed by atoms with E-state index < -0.39 is 0 Å². The van der Waals surface area contributed by atoms with E-state index in [9.17, 15) is 4.79 Å². The molecular weight excluding hydrogens is 174 g/mol. The van der Waals surface area contributed by atoms with E-state index in [0.29, 0.717) is 0 Å². The fourth-order valence-corrected chi connectivity index (χ4v) is 2.02. The maximum atomic E-state index is 10.8. The van der Waals surface area contributed by atoms with E-state index in [1.165, 1.54) is 5.56 Å². The van der Waals surface area contributed by atoms with Gasteiger partial charge in [0.25, 0.3) is 0 Å². The number of hydrogen-bond acceptors (Lipinski definition) is 2. The van der Waals surface area contributed by atoms with Gasteiger partial charge in [0.1, 0.15) is 6.29 Å². The number of hydrogen-bond donors (Lipinski definition) is 0. The normalized spacial score (nSPS) is 22.4. The monoisotopic (exact) mass is 189 g/mol. The fourth-order valence-electron chi connectivity index (χ4n) is 2.02. The van der Waals surface area contributed by atoms with Crippen molar-refractivity contribution in [1.82, 2.24) is 4.90 Å². The van der Waals surface area contributed by atoms with Crippen molar-refractivity contribution in [2.45, 2.75) is 25.4 Å². The molecule has 1 aromatic rings. The van der Waals surface area contributed by atoms with Crippen molar-refractivity contribution < 1.29 is 4.79 Å². The largest absolute Gasteiger partial charge is 0.302 e. The van der Waals surface area contributed by atoms with Crippen molar-refractivity contribution >= 4 is 6.29 Å². The summed E-state index contributed by atoms with van der Waals surface area (Å²) in [6.07, 6.45) is 3.25. The smallest absolute Gasteiger partial charge is 0.137 e. The highest BCUT2D eigenvalue weighted by Gasteiger charge is 2.23. The molecule has 1 aliphatic heterocycles. The number of aldehydes is 1. The first kappa shape index (κ1) is 9.41. The summed E-state index contributed by atoms with van der Waals surface area (Å²) in [5.41, 5.74) is 1.29. The highest BCUT2D eigenvalue weighted by atomic mass is 16.1. The van der Waals surface area contributed by atoms with E-state index in [0.717, 1.165) is 32.2 Å². The Balaban J connectivity index is 2.00. The predicted molar refractivity (Wildman–Crippen MR) is 55.9 cm³/mol. The van der Waals surface area contributed by atoms with Crippen LogP contribution in [0.3, 0.4) is 0 Å². The predicted octanol–water partition coefficient (Wildman–Crippen LogP) is 1.85. The SMILES string of the molecule is O=C[C@H]1CCCN1Cc1ccccc1. The number of rotatable bonds is 3. The van der Waals surface area contributed by atoms with E-state index in [-0.39, 0.29) is 6.04 Å². The molecule has 0 saturated carbocycles. The maximum Gasteiger partial charge on any atom is 0.137 e. The number of carbonyl (C=O) groups is 1. The van der Waals surface area contributed by atoms with Gasteiger partial charge < -0.3 is 4.79 Å². The van der Waals surface area contributed by atoms with Crippen LogP contribution in [0.2, 0.25) is 0 Å². The van der Waals surface area contributed by atoms with Gasteiger partial charge in [0.05, 0.1) is 6.04 Å². The summed E-state index contributed by atoms with van der Waals surface area (Å²) in [7, 11) is 0. The molecule has 74 valence electrons. The lowest BCUT2D eigenvalue weighted by atomic mass is 10.2. The highest BCUT2D eigenvalue weighted by molar-refractivity contribution is 5.58. The maximum absolute atomic E-state index is 10.8. The van der Waals surface area contributed by atoms with Gasteiger partial charge in [0, 0.05) is 6.54 Å². The molecule has 0 unspecified atom stereocenters. The molecule has 2 rings (SSSR count). The Morgan fingerprint density at radius 1 is 1.36 bits per heavy atom. The third kappa shape index (κ3) is 2.02. The average Bonchev–Trinajstić information content (AvgIpc) is 2.67. The van der Waals surface area contributed by atoms with Crippen molar-refractivity contribution in [2.24, 2.45) is 0 Å². The molecule has 0 aromatic heterocycles. The summed E-state index contributed by atoms with van der Waals surface area (Å²) in [5.74, 6) is 0. The Morgan fingerprint density at radius 3 is 2.86 bits per heavy atom. The van der Waals surface area contributed by atoms with E-state index in [1.54, 1.807) is 0 Å². The first-order chi connectivity index (χ1) is 6.90. The minimum Gasteiger partial charge on any atom is -0.302 e. The summed E-state index contributed by atoms with van der Waals surface area (Å²) in [5, 5.41) is 0. The molecule has 14 heavy (non-hydrogen) atoms. The molecule has 0 radical (unpaired) electrons. The second-order valence-electron chi connectivity index (χ2n) is 3.80. The zero-order valence-electron chi connectivity index (χ0n) is 8.23. The van der Waals surface area contributed by atoms with Crippen LogP contribution >= 0.6 is 0 Å². The summed E-state index contributed by atoms with van der Waals surface area (Å²) in [6, 6.07) is 10.5. The molecule has 0 N–H and O–H groups in total. The first-order valence-electron chi connectivity index (χ1n) is 5.13. The van der Waals surface area contributed by atoms with Gasteiger partial charge in [-0.15, -0.1) is 0 Å². The van der Waals surface area contributed by atoms with Crippen LogP contribution in [0.4, 0.5) is 0 Å². The Labute approximate surface area is 84.5 Å². The lowest BCUT2D eigenvalue weighted by Crippen LogP contribution is -2.29. The van der Waals surface area contributed by atoms with E-state index >= 15 is 0 Å². The molecule has 1 aliphatic rings. The molecular formula is C12H15NO. The van der Waals surface area contributed by atoms with Gasteiger partial charge in [-0.2, -0.15) is 0 Å². The summed E-state index contributed by atoms with van der Waals surface area (Å²) in [6.45, 7) is 1.96. The zero-order valence-corrected chi connectivity index (χ0v) is 8.23. The standard InChI is InChI=1S/C12H15NO/c14-10-12-7-4-8-13(12)9-11-5-2-1-3-6-11/h1-3,5-6,10,12H,4,7-9H2/t12-/m1/s1. The molecule has 0 bridgehead atoms. The fraction of sp³-hybridized carbons (Fsp3) is 0.417. The van der Waals surface area contributed by atoms with Crippen LogP contribution < -0.4 is 0 Å². The van der Waals surface area contributed by atoms with Gasteiger partial charge in [0.2, 0.25) is 0 Å². The molecule has 1 saturated heterocycles. The Bertz CT molecular complexity index is 296. The molecule has 1 fully saturated rings. The second-order valence-corrected chi connectivity index (χ2v) is 3.80. The average molecular weight is 189 g/mol. The van der Waals surface area contributed by atoms with Crippen molar-refractivity contribution in [2.75, 3.05) is 6.54 Å². The van der Waals surface area contributed by atoms with Crippen molar-refractivity contribution in [3.63, 3.8) is 0 Å². The zero-order chi connectivity index (χ0) is 9.80. The number of likely N-dealkylation sites (tertiary alicyclic amines) is 1. The molecule has 1 aromatic carbocycles. The molecule has 2 nitrogen and oxygen atoms in total. The lowest BCUT2D eigenvalue weighted by molar-refractivity contribution is -0.111. The van der Waals surface area contributed by atoms with E-state index in [4.69, 9.17) is 0 Å². The van der Waals surface area contributed by atoms with Gasteiger partial charge in [-0.05, 0) is 24.9 Å². The summed E-state index contributed by atoms with van der Waals surface area (Å²) in [4.78, 5) is 13.0. The molecule has 0 amide bonds. The van der Waals surface area contributed by atoms with E-state index in [2.05, 4.69) is 17.0 Å². The minimum absolute atomic E-state index is 0.148. The topological polar surface area (TPSA) is 20.3 Å². The first-order valence-corrected chi connectivity index (χ1v) is 5.13. The van der Waals surface area contributed by atoms with Crippen molar-refractivity contribution in [3.05, 3.63) is 35.9 Å². The molecule has 2 heteroatoms. The van der Waals surface area contributed by atoms with Crippen LogP contribution in [0, 0.1) is 0 Å². The van der Waals surface area contributed by atoms with Gasteiger partial charge in [-0.25, -0.2) is 0 Å².